The molecule has 0 saturated heterocycles. The smallest absolute Gasteiger partial charge is 0.387 e. The third-order valence-corrected chi connectivity index (χ3v) is 7.00. The maximum atomic E-state index is 15.2. The summed E-state index contributed by atoms with van der Waals surface area (Å²) in [6.07, 6.45) is 6.60. The van der Waals surface area contributed by atoms with Crippen LogP contribution in [-0.2, 0) is 17.6 Å². The van der Waals surface area contributed by atoms with Crippen molar-refractivity contribution in [2.45, 2.75) is 57.5 Å². The molecule has 0 aliphatic heterocycles. The first kappa shape index (κ1) is 24.5. The van der Waals surface area contributed by atoms with Gasteiger partial charge in [-0.2, -0.15) is 8.78 Å². The molecule has 1 aliphatic carbocycles. The van der Waals surface area contributed by atoms with Gasteiger partial charge in [0.15, 0.2) is 11.6 Å². The predicted octanol–water partition coefficient (Wildman–Crippen LogP) is 7.81. The molecule has 4 rings (SSSR count). The Morgan fingerprint density at radius 1 is 0.912 bits per heavy atom. The number of hydrogen-bond donors (Lipinski definition) is 0. The topological polar surface area (TPSA) is 18.5 Å². The van der Waals surface area contributed by atoms with Gasteiger partial charge in [-0.3, -0.25) is 0 Å². The van der Waals surface area contributed by atoms with Gasteiger partial charge < -0.3 is 9.47 Å². The van der Waals surface area contributed by atoms with E-state index in [0.29, 0.717) is 35.3 Å². The highest BCUT2D eigenvalue weighted by Crippen LogP contribution is 2.38. The number of halogens is 4. The number of aryl methyl sites for hydroxylation is 2. The Balaban J connectivity index is 1.42. The third kappa shape index (κ3) is 5.90. The third-order valence-electron chi connectivity index (χ3n) is 7.00. The van der Waals surface area contributed by atoms with Crippen molar-refractivity contribution in [3.05, 3.63) is 76.9 Å². The molecule has 3 aromatic rings. The fourth-order valence-electron chi connectivity index (χ4n) is 5.04. The van der Waals surface area contributed by atoms with Crippen molar-refractivity contribution in [1.29, 1.82) is 0 Å². The van der Waals surface area contributed by atoms with Gasteiger partial charge in [0.2, 0.25) is 0 Å². The van der Waals surface area contributed by atoms with Crippen LogP contribution in [0.5, 0.6) is 5.75 Å². The standard InChI is InChI=1S/C28H30F4O2/c1-33-15-14-18-2-6-20(7-3-18)22-11-12-24-23(17-22)10-9-21(27(24)30)8-4-19-5-13-26(25(29)16-19)34-28(31)32/h5,9-13,16-18,20,28H,2-4,6-8,14-15H2,1H3. The molecule has 0 heterocycles. The molecular weight excluding hydrogens is 444 g/mol. The van der Waals surface area contributed by atoms with Crippen LogP contribution in [0.4, 0.5) is 17.6 Å². The first-order valence-corrected chi connectivity index (χ1v) is 11.9. The lowest BCUT2D eigenvalue weighted by molar-refractivity contribution is -0.0522. The monoisotopic (exact) mass is 474 g/mol. The summed E-state index contributed by atoms with van der Waals surface area (Å²) in [7, 11) is 1.75. The van der Waals surface area contributed by atoms with E-state index in [0.717, 1.165) is 43.2 Å². The van der Waals surface area contributed by atoms with Crippen LogP contribution in [0.2, 0.25) is 0 Å². The first-order valence-electron chi connectivity index (χ1n) is 11.9. The van der Waals surface area contributed by atoms with E-state index >= 15 is 4.39 Å². The second-order valence-corrected chi connectivity index (χ2v) is 9.16. The van der Waals surface area contributed by atoms with Crippen LogP contribution < -0.4 is 4.74 Å². The fraction of sp³-hybridized carbons (Fsp3) is 0.429. The summed E-state index contributed by atoms with van der Waals surface area (Å²) in [4.78, 5) is 0. The van der Waals surface area contributed by atoms with Gasteiger partial charge in [0.25, 0.3) is 0 Å². The van der Waals surface area contributed by atoms with Crippen molar-refractivity contribution >= 4 is 10.8 Å². The van der Waals surface area contributed by atoms with Gasteiger partial charge in [-0.15, -0.1) is 0 Å². The minimum atomic E-state index is -3.08. The van der Waals surface area contributed by atoms with Crippen molar-refractivity contribution in [1.82, 2.24) is 0 Å². The van der Waals surface area contributed by atoms with E-state index in [4.69, 9.17) is 4.74 Å². The number of hydrogen-bond acceptors (Lipinski definition) is 2. The fourth-order valence-corrected chi connectivity index (χ4v) is 5.04. The van der Waals surface area contributed by atoms with Crippen LogP contribution in [-0.4, -0.2) is 20.3 Å². The van der Waals surface area contributed by atoms with Gasteiger partial charge >= 0.3 is 6.61 Å². The molecule has 34 heavy (non-hydrogen) atoms. The summed E-state index contributed by atoms with van der Waals surface area (Å²) in [5.41, 5.74) is 2.41. The number of methoxy groups -OCH3 is 1. The van der Waals surface area contributed by atoms with Crippen molar-refractivity contribution in [3.8, 4) is 5.75 Å². The Hall–Kier alpha value is -2.60. The molecular formula is C28H30F4O2. The number of benzene rings is 3. The van der Waals surface area contributed by atoms with E-state index < -0.39 is 18.2 Å². The van der Waals surface area contributed by atoms with E-state index in [2.05, 4.69) is 10.8 Å². The molecule has 0 spiro atoms. The zero-order chi connectivity index (χ0) is 24.1. The molecule has 6 heteroatoms. The van der Waals surface area contributed by atoms with Crippen molar-refractivity contribution < 1.29 is 27.0 Å². The van der Waals surface area contributed by atoms with E-state index in [1.807, 2.05) is 18.2 Å². The minimum Gasteiger partial charge on any atom is -0.432 e. The van der Waals surface area contributed by atoms with Gasteiger partial charge in [-0.25, -0.2) is 8.78 Å². The van der Waals surface area contributed by atoms with Gasteiger partial charge in [0.05, 0.1) is 0 Å². The van der Waals surface area contributed by atoms with Crippen LogP contribution in [0.25, 0.3) is 10.8 Å². The lowest BCUT2D eigenvalue weighted by Gasteiger charge is -2.29. The van der Waals surface area contributed by atoms with Gasteiger partial charge in [-0.05, 0) is 91.0 Å². The summed E-state index contributed by atoms with van der Waals surface area (Å²) < 4.78 is 63.1. The lowest BCUT2D eigenvalue weighted by Crippen LogP contribution is -2.14. The Morgan fingerprint density at radius 2 is 1.71 bits per heavy atom. The number of fused-ring (bicyclic) bond motifs is 1. The van der Waals surface area contributed by atoms with E-state index in [-0.39, 0.29) is 5.82 Å². The molecule has 1 saturated carbocycles. The Morgan fingerprint density at radius 3 is 2.41 bits per heavy atom. The molecule has 182 valence electrons. The second kappa shape index (κ2) is 11.2. The van der Waals surface area contributed by atoms with E-state index in [9.17, 15) is 13.2 Å². The largest absolute Gasteiger partial charge is 0.432 e. The average Bonchev–Trinajstić information content (AvgIpc) is 2.84. The normalized spacial score (nSPS) is 18.5. The molecule has 0 amide bonds. The van der Waals surface area contributed by atoms with E-state index in [1.165, 1.54) is 30.5 Å². The Bertz CT molecular complexity index is 1110. The maximum Gasteiger partial charge on any atom is 0.387 e. The van der Waals surface area contributed by atoms with Crippen LogP contribution in [0.15, 0.2) is 48.5 Å². The summed E-state index contributed by atoms with van der Waals surface area (Å²) in [6.45, 7) is -2.26. The molecule has 0 radical (unpaired) electrons. The summed E-state index contributed by atoms with van der Waals surface area (Å²) >= 11 is 0. The molecule has 0 N–H and O–H groups in total. The van der Waals surface area contributed by atoms with Crippen LogP contribution >= 0.6 is 0 Å². The Kier molecular flexibility index (Phi) is 8.09. The highest BCUT2D eigenvalue weighted by Gasteiger charge is 2.22. The molecule has 0 aromatic heterocycles. The van der Waals surface area contributed by atoms with Crippen LogP contribution in [0.1, 0.15) is 54.7 Å². The first-order chi connectivity index (χ1) is 16.4. The number of alkyl halides is 2. The highest BCUT2D eigenvalue weighted by atomic mass is 19.3. The highest BCUT2D eigenvalue weighted by molar-refractivity contribution is 5.84. The summed E-state index contributed by atoms with van der Waals surface area (Å²) in [5, 5.41) is 1.47. The molecule has 0 unspecified atom stereocenters. The molecule has 0 atom stereocenters. The Labute approximate surface area is 197 Å². The SMILES string of the molecule is COCCC1CCC(c2ccc3c(F)c(CCc4ccc(OC(F)F)c(F)c4)ccc3c2)CC1. The zero-order valence-corrected chi connectivity index (χ0v) is 19.3. The zero-order valence-electron chi connectivity index (χ0n) is 19.3. The maximum absolute atomic E-state index is 15.2. The summed E-state index contributed by atoms with van der Waals surface area (Å²) in [5.74, 6) is -0.353. The summed E-state index contributed by atoms with van der Waals surface area (Å²) in [6, 6.07) is 13.6. The minimum absolute atomic E-state index is 0.259. The van der Waals surface area contributed by atoms with Crippen molar-refractivity contribution in [2.24, 2.45) is 5.92 Å². The predicted molar refractivity (Wildman–Crippen MR) is 126 cm³/mol. The number of ether oxygens (including phenoxy) is 2. The quantitative estimate of drug-likeness (QED) is 0.294. The van der Waals surface area contributed by atoms with Gasteiger partial charge in [0.1, 0.15) is 5.82 Å². The van der Waals surface area contributed by atoms with Gasteiger partial charge in [-0.1, -0.05) is 36.4 Å². The molecule has 1 fully saturated rings. The van der Waals surface area contributed by atoms with Crippen molar-refractivity contribution in [3.63, 3.8) is 0 Å². The average molecular weight is 475 g/mol. The van der Waals surface area contributed by atoms with Gasteiger partial charge in [0, 0.05) is 19.1 Å². The van der Waals surface area contributed by atoms with E-state index in [1.54, 1.807) is 13.2 Å². The lowest BCUT2D eigenvalue weighted by atomic mass is 9.77. The van der Waals surface area contributed by atoms with Crippen molar-refractivity contribution in [2.75, 3.05) is 13.7 Å². The van der Waals surface area contributed by atoms with Crippen LogP contribution in [0.3, 0.4) is 0 Å². The molecule has 0 bridgehead atoms. The van der Waals surface area contributed by atoms with Crippen LogP contribution in [0, 0.1) is 17.6 Å². The molecule has 3 aromatic carbocycles. The molecule has 1 aliphatic rings. The molecule has 2 nitrogen and oxygen atoms in total. The second-order valence-electron chi connectivity index (χ2n) is 9.16. The number of rotatable bonds is 9.